The lowest BCUT2D eigenvalue weighted by molar-refractivity contribution is -0.128. The minimum atomic E-state index is -0.750. The van der Waals surface area contributed by atoms with Crippen molar-refractivity contribution < 1.29 is 9.53 Å². The highest BCUT2D eigenvalue weighted by atomic mass is 16.5. The molecule has 1 rings (SSSR count). The zero-order chi connectivity index (χ0) is 14.5. The number of primary amides is 1. The quantitative estimate of drug-likeness (QED) is 0.744. The van der Waals surface area contributed by atoms with Gasteiger partial charge in [0.25, 0.3) is 0 Å². The Morgan fingerprint density at radius 1 is 1.32 bits per heavy atom. The predicted octanol–water partition coefficient (Wildman–Crippen LogP) is 2.07. The molecule has 4 heteroatoms. The number of rotatable bonds is 7. The summed E-state index contributed by atoms with van der Waals surface area (Å²) in [6.07, 6.45) is 4.70. The average molecular weight is 270 g/mol. The van der Waals surface area contributed by atoms with Crippen LogP contribution in [0.3, 0.4) is 0 Å². The van der Waals surface area contributed by atoms with Gasteiger partial charge in [-0.25, -0.2) is 0 Å². The summed E-state index contributed by atoms with van der Waals surface area (Å²) in [5.74, 6) is 1.08. The normalized spacial score (nSPS) is 30.8. The first-order chi connectivity index (χ1) is 8.87. The number of hydrogen-bond donors (Lipinski definition) is 2. The Balaban J connectivity index is 2.49. The lowest BCUT2D eigenvalue weighted by atomic mass is 9.81. The van der Waals surface area contributed by atoms with E-state index in [0.29, 0.717) is 18.4 Å². The van der Waals surface area contributed by atoms with Gasteiger partial charge in [-0.1, -0.05) is 20.8 Å². The highest BCUT2D eigenvalue weighted by Crippen LogP contribution is 2.30. The van der Waals surface area contributed by atoms with Gasteiger partial charge in [0.2, 0.25) is 5.91 Å². The molecule has 0 saturated heterocycles. The van der Waals surface area contributed by atoms with Gasteiger partial charge in [-0.2, -0.15) is 0 Å². The summed E-state index contributed by atoms with van der Waals surface area (Å²) in [6.45, 7) is 9.59. The van der Waals surface area contributed by atoms with E-state index in [1.165, 1.54) is 6.42 Å². The lowest BCUT2D eigenvalue weighted by Crippen LogP contribution is -2.57. The molecule has 0 bridgehead atoms. The Labute approximate surface area is 117 Å². The van der Waals surface area contributed by atoms with Gasteiger partial charge < -0.3 is 15.8 Å². The second-order valence-electron chi connectivity index (χ2n) is 6.47. The molecule has 0 aromatic carbocycles. The molecule has 1 saturated carbocycles. The Morgan fingerprint density at radius 2 is 1.89 bits per heavy atom. The molecule has 3 atom stereocenters. The standard InChI is InChI=1S/C15H30N2O2/c1-5-6-17-15(4,14(16)18)10-19-13-8-11(2)7-12(3)9-13/h11-13,17H,5-10H2,1-4H3,(H2,16,18). The maximum atomic E-state index is 11.6. The smallest absolute Gasteiger partial charge is 0.239 e. The van der Waals surface area contributed by atoms with Crippen LogP contribution in [0.5, 0.6) is 0 Å². The van der Waals surface area contributed by atoms with Crippen LogP contribution in [-0.2, 0) is 9.53 Å². The van der Waals surface area contributed by atoms with Crippen LogP contribution in [0, 0.1) is 11.8 Å². The van der Waals surface area contributed by atoms with E-state index >= 15 is 0 Å². The van der Waals surface area contributed by atoms with Gasteiger partial charge in [0.15, 0.2) is 0 Å². The first kappa shape index (κ1) is 16.4. The largest absolute Gasteiger partial charge is 0.376 e. The van der Waals surface area contributed by atoms with Crippen LogP contribution in [0.4, 0.5) is 0 Å². The second-order valence-corrected chi connectivity index (χ2v) is 6.47. The molecule has 0 aromatic rings. The fourth-order valence-electron chi connectivity index (χ4n) is 2.90. The van der Waals surface area contributed by atoms with Crippen molar-refractivity contribution in [3.8, 4) is 0 Å². The van der Waals surface area contributed by atoms with E-state index in [9.17, 15) is 4.79 Å². The molecule has 112 valence electrons. The first-order valence-electron chi connectivity index (χ1n) is 7.54. The first-order valence-corrected chi connectivity index (χ1v) is 7.54. The van der Waals surface area contributed by atoms with Crippen molar-refractivity contribution in [3.63, 3.8) is 0 Å². The van der Waals surface area contributed by atoms with Gasteiger partial charge in [-0.15, -0.1) is 0 Å². The predicted molar refractivity (Wildman–Crippen MR) is 77.8 cm³/mol. The molecule has 1 aliphatic carbocycles. The average Bonchev–Trinajstić information content (AvgIpc) is 2.32. The molecule has 1 fully saturated rings. The lowest BCUT2D eigenvalue weighted by Gasteiger charge is -2.34. The van der Waals surface area contributed by atoms with Crippen LogP contribution in [0.25, 0.3) is 0 Å². The number of nitrogens with one attached hydrogen (secondary N) is 1. The van der Waals surface area contributed by atoms with Crippen LogP contribution in [-0.4, -0.2) is 30.7 Å². The monoisotopic (exact) mass is 270 g/mol. The summed E-state index contributed by atoms with van der Waals surface area (Å²) in [7, 11) is 0. The number of nitrogens with two attached hydrogens (primary N) is 1. The Kier molecular flexibility index (Phi) is 6.27. The minimum absolute atomic E-state index is 0.265. The zero-order valence-corrected chi connectivity index (χ0v) is 12.9. The van der Waals surface area contributed by atoms with Crippen LogP contribution < -0.4 is 11.1 Å². The van der Waals surface area contributed by atoms with Crippen molar-refractivity contribution in [1.29, 1.82) is 0 Å². The molecule has 0 aromatic heterocycles. The molecule has 1 amide bonds. The molecule has 3 unspecified atom stereocenters. The third-order valence-corrected chi connectivity index (χ3v) is 4.05. The highest BCUT2D eigenvalue weighted by Gasteiger charge is 2.33. The summed E-state index contributed by atoms with van der Waals surface area (Å²) in [6, 6.07) is 0. The van der Waals surface area contributed by atoms with Crippen LogP contribution in [0.15, 0.2) is 0 Å². The summed E-state index contributed by atoms with van der Waals surface area (Å²) in [4.78, 5) is 11.6. The number of hydrogen-bond acceptors (Lipinski definition) is 3. The Morgan fingerprint density at radius 3 is 2.37 bits per heavy atom. The van der Waals surface area contributed by atoms with Crippen molar-refractivity contribution in [3.05, 3.63) is 0 Å². The third kappa shape index (κ3) is 5.11. The van der Waals surface area contributed by atoms with E-state index in [1.807, 2.05) is 6.92 Å². The van der Waals surface area contributed by atoms with Gasteiger partial charge in [0.05, 0.1) is 12.7 Å². The molecule has 0 heterocycles. The van der Waals surface area contributed by atoms with E-state index in [0.717, 1.165) is 25.8 Å². The van der Waals surface area contributed by atoms with Gasteiger partial charge in [-0.3, -0.25) is 4.79 Å². The number of carbonyl (C=O) groups excluding carboxylic acids is 1. The number of ether oxygens (including phenoxy) is 1. The van der Waals surface area contributed by atoms with E-state index in [-0.39, 0.29) is 12.0 Å². The summed E-state index contributed by atoms with van der Waals surface area (Å²) in [5, 5.41) is 3.21. The van der Waals surface area contributed by atoms with Crippen LogP contribution in [0.1, 0.15) is 53.4 Å². The molecule has 19 heavy (non-hydrogen) atoms. The van der Waals surface area contributed by atoms with Crippen molar-refractivity contribution >= 4 is 5.91 Å². The number of carbonyl (C=O) groups is 1. The molecular weight excluding hydrogens is 240 g/mol. The SMILES string of the molecule is CCCNC(C)(COC1CC(C)CC(C)C1)C(N)=O. The van der Waals surface area contributed by atoms with Crippen molar-refractivity contribution in [2.24, 2.45) is 17.6 Å². The molecule has 0 aliphatic heterocycles. The molecule has 4 nitrogen and oxygen atoms in total. The summed E-state index contributed by atoms with van der Waals surface area (Å²) in [5.41, 5.74) is 4.75. The molecular formula is C15H30N2O2. The van der Waals surface area contributed by atoms with E-state index < -0.39 is 5.54 Å². The topological polar surface area (TPSA) is 64.3 Å². The maximum absolute atomic E-state index is 11.6. The minimum Gasteiger partial charge on any atom is -0.376 e. The Bertz CT molecular complexity index is 286. The van der Waals surface area contributed by atoms with Gasteiger partial charge >= 0.3 is 0 Å². The van der Waals surface area contributed by atoms with Gasteiger partial charge in [0.1, 0.15) is 5.54 Å². The van der Waals surface area contributed by atoms with Gasteiger partial charge in [-0.05, 0) is 51.0 Å². The fourth-order valence-corrected chi connectivity index (χ4v) is 2.90. The van der Waals surface area contributed by atoms with E-state index in [2.05, 4.69) is 26.1 Å². The highest BCUT2D eigenvalue weighted by molar-refractivity contribution is 5.84. The zero-order valence-electron chi connectivity index (χ0n) is 12.9. The maximum Gasteiger partial charge on any atom is 0.239 e. The van der Waals surface area contributed by atoms with Gasteiger partial charge in [0, 0.05) is 0 Å². The molecule has 0 radical (unpaired) electrons. The molecule has 1 aliphatic rings. The second kappa shape index (κ2) is 7.25. The van der Waals surface area contributed by atoms with E-state index in [4.69, 9.17) is 10.5 Å². The number of amides is 1. The Hall–Kier alpha value is -0.610. The van der Waals surface area contributed by atoms with Crippen molar-refractivity contribution in [2.75, 3.05) is 13.2 Å². The molecule has 0 spiro atoms. The third-order valence-electron chi connectivity index (χ3n) is 4.05. The van der Waals surface area contributed by atoms with Crippen LogP contribution in [0.2, 0.25) is 0 Å². The van der Waals surface area contributed by atoms with Crippen LogP contribution >= 0.6 is 0 Å². The summed E-state index contributed by atoms with van der Waals surface area (Å²) < 4.78 is 5.98. The summed E-state index contributed by atoms with van der Waals surface area (Å²) >= 11 is 0. The van der Waals surface area contributed by atoms with E-state index in [1.54, 1.807) is 0 Å². The fraction of sp³-hybridized carbons (Fsp3) is 0.933. The van der Waals surface area contributed by atoms with Crippen molar-refractivity contribution in [1.82, 2.24) is 5.32 Å². The van der Waals surface area contributed by atoms with Crippen molar-refractivity contribution in [2.45, 2.75) is 65.0 Å². The molecule has 3 N–H and O–H groups in total.